The SMILES string of the molecule is CCSCc1ccc(C(=O)Nc2ccccc2C(N)=O)cc1. The van der Waals surface area contributed by atoms with Crippen LogP contribution in [0, 0.1) is 0 Å². The van der Waals surface area contributed by atoms with Gasteiger partial charge in [-0.25, -0.2) is 0 Å². The highest BCUT2D eigenvalue weighted by Crippen LogP contribution is 2.17. The van der Waals surface area contributed by atoms with Crippen LogP contribution in [-0.2, 0) is 5.75 Å². The van der Waals surface area contributed by atoms with Crippen LogP contribution in [0.15, 0.2) is 48.5 Å². The topological polar surface area (TPSA) is 72.2 Å². The fourth-order valence-electron chi connectivity index (χ4n) is 1.97. The van der Waals surface area contributed by atoms with Gasteiger partial charge in [-0.05, 0) is 35.6 Å². The van der Waals surface area contributed by atoms with Crippen LogP contribution in [0.1, 0.15) is 33.2 Å². The molecule has 0 atom stereocenters. The number of hydrogen-bond donors (Lipinski definition) is 2. The Morgan fingerprint density at radius 3 is 2.41 bits per heavy atom. The lowest BCUT2D eigenvalue weighted by Gasteiger charge is -2.09. The average Bonchev–Trinajstić information content (AvgIpc) is 2.53. The Labute approximate surface area is 134 Å². The Balaban J connectivity index is 2.11. The van der Waals surface area contributed by atoms with E-state index in [-0.39, 0.29) is 5.91 Å². The average molecular weight is 314 g/mol. The van der Waals surface area contributed by atoms with Gasteiger partial charge in [-0.1, -0.05) is 31.2 Å². The molecule has 0 saturated carbocycles. The van der Waals surface area contributed by atoms with Gasteiger partial charge in [-0.3, -0.25) is 9.59 Å². The number of hydrogen-bond acceptors (Lipinski definition) is 3. The van der Waals surface area contributed by atoms with Crippen molar-refractivity contribution in [3.05, 3.63) is 65.2 Å². The molecule has 0 unspecified atom stereocenters. The van der Waals surface area contributed by atoms with Crippen LogP contribution in [0.4, 0.5) is 5.69 Å². The molecule has 0 aromatic heterocycles. The Kier molecular flexibility index (Phi) is 5.61. The predicted octanol–water partition coefficient (Wildman–Crippen LogP) is 3.29. The lowest BCUT2D eigenvalue weighted by Crippen LogP contribution is -2.18. The third-order valence-corrected chi connectivity index (χ3v) is 4.08. The summed E-state index contributed by atoms with van der Waals surface area (Å²) in [5.74, 6) is 1.17. The molecule has 4 nitrogen and oxygen atoms in total. The minimum Gasteiger partial charge on any atom is -0.366 e. The van der Waals surface area contributed by atoms with E-state index in [1.807, 2.05) is 23.9 Å². The maximum atomic E-state index is 12.2. The van der Waals surface area contributed by atoms with Gasteiger partial charge in [0.15, 0.2) is 0 Å². The van der Waals surface area contributed by atoms with Crippen molar-refractivity contribution >= 4 is 29.3 Å². The Morgan fingerprint density at radius 2 is 1.77 bits per heavy atom. The van der Waals surface area contributed by atoms with Crippen LogP contribution in [0.25, 0.3) is 0 Å². The molecular weight excluding hydrogens is 296 g/mol. The third-order valence-electron chi connectivity index (χ3n) is 3.13. The molecule has 2 aromatic rings. The minimum atomic E-state index is -0.567. The van der Waals surface area contributed by atoms with Gasteiger partial charge in [0, 0.05) is 11.3 Å². The monoisotopic (exact) mass is 314 g/mol. The van der Waals surface area contributed by atoms with Crippen molar-refractivity contribution in [3.8, 4) is 0 Å². The molecule has 0 radical (unpaired) electrons. The summed E-state index contributed by atoms with van der Waals surface area (Å²) in [7, 11) is 0. The zero-order valence-corrected chi connectivity index (χ0v) is 13.2. The van der Waals surface area contributed by atoms with E-state index in [0.29, 0.717) is 16.8 Å². The second-order valence-corrected chi connectivity index (χ2v) is 5.97. The van der Waals surface area contributed by atoms with Gasteiger partial charge in [-0.15, -0.1) is 0 Å². The van der Waals surface area contributed by atoms with E-state index in [9.17, 15) is 9.59 Å². The maximum Gasteiger partial charge on any atom is 0.255 e. The molecule has 0 fully saturated rings. The number of nitrogens with one attached hydrogen (secondary N) is 1. The van der Waals surface area contributed by atoms with E-state index in [4.69, 9.17) is 5.73 Å². The van der Waals surface area contributed by atoms with E-state index in [1.54, 1.807) is 36.4 Å². The van der Waals surface area contributed by atoms with Crippen LogP contribution in [0.5, 0.6) is 0 Å². The van der Waals surface area contributed by atoms with Crippen LogP contribution in [0.3, 0.4) is 0 Å². The van der Waals surface area contributed by atoms with Crippen molar-refractivity contribution < 1.29 is 9.59 Å². The van der Waals surface area contributed by atoms with Crippen molar-refractivity contribution in [3.63, 3.8) is 0 Å². The molecule has 22 heavy (non-hydrogen) atoms. The Bertz CT molecular complexity index is 669. The van der Waals surface area contributed by atoms with E-state index >= 15 is 0 Å². The first-order chi connectivity index (χ1) is 10.6. The summed E-state index contributed by atoms with van der Waals surface area (Å²) in [5, 5.41) is 2.73. The summed E-state index contributed by atoms with van der Waals surface area (Å²) >= 11 is 1.83. The van der Waals surface area contributed by atoms with Gasteiger partial charge in [0.25, 0.3) is 11.8 Å². The van der Waals surface area contributed by atoms with Crippen LogP contribution >= 0.6 is 11.8 Å². The van der Waals surface area contributed by atoms with Gasteiger partial charge in [0.1, 0.15) is 0 Å². The van der Waals surface area contributed by atoms with E-state index in [0.717, 1.165) is 11.5 Å². The summed E-state index contributed by atoms with van der Waals surface area (Å²) < 4.78 is 0. The molecule has 0 heterocycles. The second kappa shape index (κ2) is 7.66. The lowest BCUT2D eigenvalue weighted by molar-refractivity contribution is 0.100. The smallest absolute Gasteiger partial charge is 0.255 e. The molecule has 0 saturated heterocycles. The first kappa shape index (κ1) is 16.1. The molecule has 0 aliphatic rings. The molecule has 0 spiro atoms. The van der Waals surface area contributed by atoms with Gasteiger partial charge in [0.05, 0.1) is 11.3 Å². The molecule has 5 heteroatoms. The summed E-state index contributed by atoms with van der Waals surface area (Å²) in [4.78, 5) is 23.6. The number of primary amides is 1. The van der Waals surface area contributed by atoms with Crippen LogP contribution in [0.2, 0.25) is 0 Å². The Morgan fingerprint density at radius 1 is 1.09 bits per heavy atom. The summed E-state index contributed by atoms with van der Waals surface area (Å²) in [6.45, 7) is 2.11. The summed E-state index contributed by atoms with van der Waals surface area (Å²) in [5.41, 5.74) is 7.75. The van der Waals surface area contributed by atoms with Gasteiger partial charge in [-0.2, -0.15) is 11.8 Å². The highest BCUT2D eigenvalue weighted by atomic mass is 32.2. The number of nitrogens with two attached hydrogens (primary N) is 1. The number of rotatable bonds is 6. The normalized spacial score (nSPS) is 10.2. The van der Waals surface area contributed by atoms with Crippen LogP contribution in [-0.4, -0.2) is 17.6 Å². The molecule has 0 aliphatic heterocycles. The number of anilines is 1. The molecule has 0 aliphatic carbocycles. The summed E-state index contributed by atoms with van der Waals surface area (Å²) in [6.07, 6.45) is 0. The van der Waals surface area contributed by atoms with Crippen molar-refractivity contribution in [1.29, 1.82) is 0 Å². The largest absolute Gasteiger partial charge is 0.366 e. The fraction of sp³-hybridized carbons (Fsp3) is 0.176. The van der Waals surface area contributed by atoms with Crippen molar-refractivity contribution in [2.75, 3.05) is 11.1 Å². The van der Waals surface area contributed by atoms with Crippen LogP contribution < -0.4 is 11.1 Å². The van der Waals surface area contributed by atoms with Gasteiger partial charge < -0.3 is 11.1 Å². The maximum absolute atomic E-state index is 12.2. The standard InChI is InChI=1S/C17H18N2O2S/c1-2-22-11-12-7-9-13(10-8-12)17(21)19-15-6-4-3-5-14(15)16(18)20/h3-10H,2,11H2,1H3,(H2,18,20)(H,19,21). The van der Waals surface area contributed by atoms with Crippen molar-refractivity contribution in [2.45, 2.75) is 12.7 Å². The minimum absolute atomic E-state index is 0.261. The molecular formula is C17H18N2O2S. The zero-order chi connectivity index (χ0) is 15.9. The van der Waals surface area contributed by atoms with Gasteiger partial charge in [0.2, 0.25) is 0 Å². The number of carbonyl (C=O) groups is 2. The number of para-hydroxylation sites is 1. The highest BCUT2D eigenvalue weighted by Gasteiger charge is 2.11. The quantitative estimate of drug-likeness (QED) is 0.859. The molecule has 2 rings (SSSR count). The molecule has 114 valence electrons. The van der Waals surface area contributed by atoms with E-state index in [2.05, 4.69) is 12.2 Å². The molecule has 2 aromatic carbocycles. The number of carbonyl (C=O) groups excluding carboxylic acids is 2. The van der Waals surface area contributed by atoms with Crippen molar-refractivity contribution in [2.24, 2.45) is 5.73 Å². The van der Waals surface area contributed by atoms with E-state index in [1.165, 1.54) is 5.56 Å². The van der Waals surface area contributed by atoms with E-state index < -0.39 is 5.91 Å². The second-order valence-electron chi connectivity index (χ2n) is 4.70. The lowest BCUT2D eigenvalue weighted by atomic mass is 10.1. The number of thioether (sulfide) groups is 1. The fourth-order valence-corrected chi connectivity index (χ4v) is 2.61. The first-order valence-electron chi connectivity index (χ1n) is 6.98. The number of benzene rings is 2. The van der Waals surface area contributed by atoms with Gasteiger partial charge >= 0.3 is 0 Å². The molecule has 2 amide bonds. The Hall–Kier alpha value is -2.27. The number of amides is 2. The summed E-state index contributed by atoms with van der Waals surface area (Å²) in [6, 6.07) is 14.1. The van der Waals surface area contributed by atoms with Crippen molar-refractivity contribution in [1.82, 2.24) is 0 Å². The highest BCUT2D eigenvalue weighted by molar-refractivity contribution is 7.98. The molecule has 3 N–H and O–H groups in total. The molecule has 0 bridgehead atoms. The predicted molar refractivity (Wildman–Crippen MR) is 91.2 cm³/mol. The third kappa shape index (κ3) is 4.11. The first-order valence-corrected chi connectivity index (χ1v) is 8.14. The zero-order valence-electron chi connectivity index (χ0n) is 12.3.